The molecular weight excluding hydrogens is 198 g/mol. The smallest absolute Gasteiger partial charge is 0.325 e. The summed E-state index contributed by atoms with van der Waals surface area (Å²) in [7, 11) is 1.63. The minimum Gasteiger partial charge on any atom is -0.480 e. The van der Waals surface area contributed by atoms with E-state index in [0.717, 1.165) is 0 Å². The highest BCUT2D eigenvalue weighted by molar-refractivity contribution is 5.95. The van der Waals surface area contributed by atoms with Crippen molar-refractivity contribution in [2.24, 2.45) is 7.05 Å². The molecule has 0 aliphatic carbocycles. The van der Waals surface area contributed by atoms with E-state index in [9.17, 15) is 9.59 Å². The zero-order valence-corrected chi connectivity index (χ0v) is 8.81. The third-order valence-corrected chi connectivity index (χ3v) is 1.95. The SMILES string of the molecule is Cc1cc(C(=O)NC(C)C(=O)O)n(C)n1. The van der Waals surface area contributed by atoms with E-state index >= 15 is 0 Å². The van der Waals surface area contributed by atoms with Gasteiger partial charge in [-0.1, -0.05) is 0 Å². The predicted molar refractivity (Wildman–Crippen MR) is 52.5 cm³/mol. The van der Waals surface area contributed by atoms with E-state index in [2.05, 4.69) is 10.4 Å². The van der Waals surface area contributed by atoms with Crippen LogP contribution in [0, 0.1) is 6.92 Å². The Labute approximate surface area is 86.9 Å². The number of amides is 1. The summed E-state index contributed by atoms with van der Waals surface area (Å²) in [6.07, 6.45) is 0. The van der Waals surface area contributed by atoms with Crippen LogP contribution in [0.25, 0.3) is 0 Å². The van der Waals surface area contributed by atoms with Crippen molar-refractivity contribution in [1.82, 2.24) is 15.1 Å². The number of aryl methyl sites for hydroxylation is 2. The number of nitrogens with zero attached hydrogens (tertiary/aromatic N) is 2. The van der Waals surface area contributed by atoms with Gasteiger partial charge in [0.2, 0.25) is 0 Å². The van der Waals surface area contributed by atoms with Crippen LogP contribution in [0.5, 0.6) is 0 Å². The van der Waals surface area contributed by atoms with Crippen LogP contribution in [0.4, 0.5) is 0 Å². The lowest BCUT2D eigenvalue weighted by Gasteiger charge is -2.08. The molecule has 0 aromatic carbocycles. The highest BCUT2D eigenvalue weighted by Crippen LogP contribution is 2.01. The van der Waals surface area contributed by atoms with E-state index in [1.165, 1.54) is 11.6 Å². The van der Waals surface area contributed by atoms with Crippen molar-refractivity contribution in [2.45, 2.75) is 19.9 Å². The molecule has 1 aromatic rings. The van der Waals surface area contributed by atoms with Gasteiger partial charge >= 0.3 is 5.97 Å². The van der Waals surface area contributed by atoms with Crippen LogP contribution in [0.1, 0.15) is 23.1 Å². The topological polar surface area (TPSA) is 84.2 Å². The Morgan fingerprint density at radius 1 is 1.60 bits per heavy atom. The summed E-state index contributed by atoms with van der Waals surface area (Å²) < 4.78 is 1.42. The molecule has 0 radical (unpaired) electrons. The summed E-state index contributed by atoms with van der Waals surface area (Å²) in [4.78, 5) is 22.1. The summed E-state index contributed by atoms with van der Waals surface area (Å²) in [5.41, 5.74) is 1.06. The van der Waals surface area contributed by atoms with E-state index in [0.29, 0.717) is 11.4 Å². The number of carboxylic acid groups (broad SMARTS) is 1. The van der Waals surface area contributed by atoms with Crippen LogP contribution >= 0.6 is 0 Å². The van der Waals surface area contributed by atoms with Gasteiger partial charge in [-0.15, -0.1) is 0 Å². The first-order valence-electron chi connectivity index (χ1n) is 4.46. The van der Waals surface area contributed by atoms with Crippen molar-refractivity contribution < 1.29 is 14.7 Å². The van der Waals surface area contributed by atoms with Crippen LogP contribution in [0.2, 0.25) is 0 Å². The Hall–Kier alpha value is -1.85. The van der Waals surface area contributed by atoms with E-state index in [1.807, 2.05) is 0 Å². The number of rotatable bonds is 3. The first-order chi connectivity index (χ1) is 6.91. The molecule has 1 aromatic heterocycles. The third kappa shape index (κ3) is 2.55. The van der Waals surface area contributed by atoms with Crippen molar-refractivity contribution in [3.8, 4) is 0 Å². The van der Waals surface area contributed by atoms with E-state index < -0.39 is 17.9 Å². The Morgan fingerprint density at radius 2 is 2.20 bits per heavy atom. The lowest BCUT2D eigenvalue weighted by molar-refractivity contribution is -0.138. The molecule has 0 aliphatic heterocycles. The fourth-order valence-corrected chi connectivity index (χ4v) is 1.16. The molecule has 0 saturated heterocycles. The Morgan fingerprint density at radius 3 is 2.60 bits per heavy atom. The molecule has 6 heteroatoms. The first-order valence-corrected chi connectivity index (χ1v) is 4.46. The Bertz CT molecular complexity index is 397. The summed E-state index contributed by atoms with van der Waals surface area (Å²) in [6, 6.07) is 0.692. The fraction of sp³-hybridized carbons (Fsp3) is 0.444. The van der Waals surface area contributed by atoms with Crippen molar-refractivity contribution in [2.75, 3.05) is 0 Å². The monoisotopic (exact) mass is 211 g/mol. The van der Waals surface area contributed by atoms with Crippen molar-refractivity contribution in [1.29, 1.82) is 0 Å². The van der Waals surface area contributed by atoms with E-state index in [1.54, 1.807) is 20.0 Å². The van der Waals surface area contributed by atoms with Gasteiger partial charge in [0.05, 0.1) is 5.69 Å². The molecule has 0 fully saturated rings. The molecule has 0 aliphatic rings. The molecule has 2 N–H and O–H groups in total. The number of aliphatic carboxylic acids is 1. The van der Waals surface area contributed by atoms with Crippen LogP contribution < -0.4 is 5.32 Å². The molecule has 6 nitrogen and oxygen atoms in total. The molecular formula is C9H13N3O3. The Kier molecular flexibility index (Phi) is 3.08. The summed E-state index contributed by atoms with van der Waals surface area (Å²) in [5.74, 6) is -1.50. The number of hydrogen-bond acceptors (Lipinski definition) is 3. The summed E-state index contributed by atoms with van der Waals surface area (Å²) in [5, 5.41) is 15.0. The maximum Gasteiger partial charge on any atom is 0.325 e. The average Bonchev–Trinajstić information content (AvgIpc) is 2.44. The molecule has 82 valence electrons. The number of hydrogen-bond donors (Lipinski definition) is 2. The molecule has 1 rings (SSSR count). The largest absolute Gasteiger partial charge is 0.480 e. The molecule has 15 heavy (non-hydrogen) atoms. The number of carbonyl (C=O) groups excluding carboxylic acids is 1. The molecule has 1 atom stereocenters. The molecule has 1 unspecified atom stereocenters. The molecule has 0 saturated carbocycles. The highest BCUT2D eigenvalue weighted by atomic mass is 16.4. The number of nitrogens with one attached hydrogen (secondary N) is 1. The van der Waals surface area contributed by atoms with Crippen LogP contribution in [0.15, 0.2) is 6.07 Å². The number of carbonyl (C=O) groups is 2. The maximum absolute atomic E-state index is 11.6. The fourth-order valence-electron chi connectivity index (χ4n) is 1.16. The van der Waals surface area contributed by atoms with Crippen molar-refractivity contribution in [3.05, 3.63) is 17.5 Å². The van der Waals surface area contributed by atoms with Gasteiger partial charge in [-0.25, -0.2) is 0 Å². The maximum atomic E-state index is 11.6. The van der Waals surface area contributed by atoms with E-state index in [-0.39, 0.29) is 0 Å². The average molecular weight is 211 g/mol. The molecule has 1 heterocycles. The first kappa shape index (κ1) is 11.2. The molecule has 0 spiro atoms. The Balaban J connectivity index is 2.77. The standard InChI is InChI=1S/C9H13N3O3/c1-5-4-7(12(3)11-5)8(13)10-6(2)9(14)15/h4,6H,1-3H3,(H,10,13)(H,14,15). The van der Waals surface area contributed by atoms with E-state index in [4.69, 9.17) is 5.11 Å². The minimum absolute atomic E-state index is 0.348. The second kappa shape index (κ2) is 4.12. The summed E-state index contributed by atoms with van der Waals surface area (Å²) in [6.45, 7) is 3.17. The lowest BCUT2D eigenvalue weighted by atomic mass is 10.3. The van der Waals surface area contributed by atoms with Gasteiger partial charge in [-0.3, -0.25) is 14.3 Å². The quantitative estimate of drug-likeness (QED) is 0.733. The van der Waals surface area contributed by atoms with Gasteiger partial charge in [0, 0.05) is 7.05 Å². The molecule has 1 amide bonds. The normalized spacial score (nSPS) is 12.2. The summed E-state index contributed by atoms with van der Waals surface area (Å²) >= 11 is 0. The van der Waals surface area contributed by atoms with Crippen LogP contribution in [-0.4, -0.2) is 32.8 Å². The zero-order chi connectivity index (χ0) is 11.6. The predicted octanol–water partition coefficient (Wildman–Crippen LogP) is -0.0686. The molecule has 0 bridgehead atoms. The highest BCUT2D eigenvalue weighted by Gasteiger charge is 2.17. The zero-order valence-electron chi connectivity index (χ0n) is 8.81. The number of aromatic nitrogens is 2. The van der Waals surface area contributed by atoms with Gasteiger partial charge < -0.3 is 10.4 Å². The second-order valence-corrected chi connectivity index (χ2v) is 3.33. The van der Waals surface area contributed by atoms with Gasteiger partial charge in [0.15, 0.2) is 0 Å². The van der Waals surface area contributed by atoms with Gasteiger partial charge in [-0.2, -0.15) is 5.10 Å². The van der Waals surface area contributed by atoms with Crippen molar-refractivity contribution in [3.63, 3.8) is 0 Å². The van der Waals surface area contributed by atoms with Gasteiger partial charge in [0.1, 0.15) is 11.7 Å². The third-order valence-electron chi connectivity index (χ3n) is 1.95. The lowest BCUT2D eigenvalue weighted by Crippen LogP contribution is -2.39. The minimum atomic E-state index is -1.07. The van der Waals surface area contributed by atoms with Gasteiger partial charge in [-0.05, 0) is 19.9 Å². The second-order valence-electron chi connectivity index (χ2n) is 3.33. The number of carboxylic acids is 1. The van der Waals surface area contributed by atoms with Gasteiger partial charge in [0.25, 0.3) is 5.91 Å². The van der Waals surface area contributed by atoms with Crippen LogP contribution in [-0.2, 0) is 11.8 Å². The van der Waals surface area contributed by atoms with Crippen molar-refractivity contribution >= 4 is 11.9 Å². The van der Waals surface area contributed by atoms with Crippen LogP contribution in [0.3, 0.4) is 0 Å².